The Morgan fingerprint density at radius 2 is 1.61 bits per heavy atom. The first-order valence-corrected chi connectivity index (χ1v) is 13.7. The van der Waals surface area contributed by atoms with Gasteiger partial charge in [-0.25, -0.2) is 0 Å². The average Bonchev–Trinajstić information content (AvgIpc) is 2.88. The summed E-state index contributed by atoms with van der Waals surface area (Å²) in [4.78, 5) is 31.1. The lowest BCUT2D eigenvalue weighted by Gasteiger charge is -2.50. The minimum Gasteiger partial charge on any atom is -0.332 e. The fourth-order valence-corrected chi connectivity index (χ4v) is 6.26. The van der Waals surface area contributed by atoms with Gasteiger partial charge in [-0.3, -0.25) is 9.59 Å². The number of carbonyl (C=O) groups excluding carboxylic acids is 2. The molecule has 4 nitrogen and oxygen atoms in total. The van der Waals surface area contributed by atoms with Crippen molar-refractivity contribution >= 4 is 11.8 Å². The Morgan fingerprint density at radius 1 is 0.947 bits per heavy atom. The summed E-state index contributed by atoms with van der Waals surface area (Å²) < 4.78 is 40.0. The van der Waals surface area contributed by atoms with Crippen LogP contribution in [-0.2, 0) is 28.7 Å². The normalized spacial score (nSPS) is 20.5. The number of alkyl halides is 3. The molecule has 1 saturated heterocycles. The molecule has 0 unspecified atom stereocenters. The fraction of sp³-hybridized carbons (Fsp3) is 0.548. The Labute approximate surface area is 224 Å². The van der Waals surface area contributed by atoms with Crippen LogP contribution in [0.1, 0.15) is 76.0 Å². The Kier molecular flexibility index (Phi) is 8.24. The van der Waals surface area contributed by atoms with Crippen molar-refractivity contribution in [3.8, 4) is 0 Å². The van der Waals surface area contributed by atoms with E-state index >= 15 is 0 Å². The van der Waals surface area contributed by atoms with E-state index in [1.807, 2.05) is 30.3 Å². The summed E-state index contributed by atoms with van der Waals surface area (Å²) in [7, 11) is 0. The van der Waals surface area contributed by atoms with Crippen LogP contribution >= 0.6 is 0 Å². The van der Waals surface area contributed by atoms with Gasteiger partial charge >= 0.3 is 6.18 Å². The number of halogens is 3. The first-order chi connectivity index (χ1) is 17.9. The van der Waals surface area contributed by atoms with E-state index < -0.39 is 17.2 Å². The third-order valence-electron chi connectivity index (χ3n) is 8.57. The molecule has 1 heterocycles. The van der Waals surface area contributed by atoms with Gasteiger partial charge in [0.2, 0.25) is 11.8 Å². The van der Waals surface area contributed by atoms with E-state index in [0.29, 0.717) is 24.9 Å². The summed E-state index contributed by atoms with van der Waals surface area (Å²) in [6, 6.07) is 14.8. The lowest BCUT2D eigenvalue weighted by molar-refractivity contribution is -0.162. The molecule has 38 heavy (non-hydrogen) atoms. The molecule has 1 aliphatic heterocycles. The second-order valence-electron chi connectivity index (χ2n) is 12.0. The largest absolute Gasteiger partial charge is 0.416 e. The van der Waals surface area contributed by atoms with Gasteiger partial charge in [-0.2, -0.15) is 13.2 Å². The topological polar surface area (TPSA) is 40.6 Å². The lowest BCUT2D eigenvalue weighted by atomic mass is 9.58. The molecule has 0 radical (unpaired) electrons. The van der Waals surface area contributed by atoms with Crippen molar-refractivity contribution in [2.45, 2.75) is 84.5 Å². The van der Waals surface area contributed by atoms with E-state index in [0.717, 1.165) is 49.8 Å². The highest BCUT2D eigenvalue weighted by Crippen LogP contribution is 2.51. The maximum absolute atomic E-state index is 14.1. The SMILES string of the molecule is CC(C)(C)C1(C(=O)N2CC(=O)N(Cc3cccc(C(F)(F)F)c3)[C@@H](CCc3ccccc3)C2)CCCCC1. The number of hydrogen-bond acceptors (Lipinski definition) is 2. The van der Waals surface area contributed by atoms with E-state index in [4.69, 9.17) is 0 Å². The molecule has 2 amide bonds. The van der Waals surface area contributed by atoms with Gasteiger partial charge in [0.05, 0.1) is 23.6 Å². The van der Waals surface area contributed by atoms with Gasteiger partial charge in [0.15, 0.2) is 0 Å². The highest BCUT2D eigenvalue weighted by Gasteiger charge is 2.51. The fourth-order valence-electron chi connectivity index (χ4n) is 6.26. The van der Waals surface area contributed by atoms with Gasteiger partial charge in [-0.1, -0.05) is 82.5 Å². The van der Waals surface area contributed by atoms with Crippen LogP contribution in [0.4, 0.5) is 13.2 Å². The number of rotatable bonds is 6. The van der Waals surface area contributed by atoms with E-state index in [1.165, 1.54) is 6.07 Å². The molecule has 4 rings (SSSR count). The summed E-state index contributed by atoms with van der Waals surface area (Å²) in [6.07, 6.45) is 1.66. The Morgan fingerprint density at radius 3 is 2.24 bits per heavy atom. The third kappa shape index (κ3) is 6.08. The monoisotopic (exact) mass is 528 g/mol. The number of aryl methyl sites for hydroxylation is 1. The highest BCUT2D eigenvalue weighted by molar-refractivity contribution is 5.90. The molecule has 1 aliphatic carbocycles. The van der Waals surface area contributed by atoms with Crippen molar-refractivity contribution in [1.29, 1.82) is 0 Å². The minimum absolute atomic E-state index is 0.0303. The second-order valence-corrected chi connectivity index (χ2v) is 12.0. The maximum atomic E-state index is 14.1. The standard InChI is InChI=1S/C31H39F3N2O2/c1-29(2,3)30(17-8-5-9-18-30)28(38)35-21-26(16-15-23-11-6-4-7-12-23)36(27(37)22-35)20-24-13-10-14-25(19-24)31(32,33)34/h4,6-7,10-14,19,26H,5,8-9,15-18,20-22H2,1-3H3/t26-/m0/s1. The van der Waals surface area contributed by atoms with Crippen LogP contribution in [0.2, 0.25) is 0 Å². The summed E-state index contributed by atoms with van der Waals surface area (Å²) in [5, 5.41) is 0. The Hall–Kier alpha value is -2.83. The molecular formula is C31H39F3N2O2. The average molecular weight is 529 g/mol. The van der Waals surface area contributed by atoms with Gasteiger partial charge in [-0.15, -0.1) is 0 Å². The van der Waals surface area contributed by atoms with Crippen LogP contribution in [0.15, 0.2) is 54.6 Å². The summed E-state index contributed by atoms with van der Waals surface area (Å²) >= 11 is 0. The quantitative estimate of drug-likeness (QED) is 0.410. The van der Waals surface area contributed by atoms with Crippen LogP contribution < -0.4 is 0 Å². The number of carbonyl (C=O) groups is 2. The molecule has 1 atom stereocenters. The number of benzene rings is 2. The lowest BCUT2D eigenvalue weighted by Crippen LogP contribution is -2.61. The van der Waals surface area contributed by atoms with Crippen molar-refractivity contribution in [3.05, 3.63) is 71.3 Å². The molecular weight excluding hydrogens is 489 g/mol. The number of hydrogen-bond donors (Lipinski definition) is 0. The van der Waals surface area contributed by atoms with Gasteiger partial charge in [0.1, 0.15) is 0 Å². The molecule has 0 spiro atoms. The molecule has 0 bridgehead atoms. The zero-order chi connectivity index (χ0) is 27.6. The first kappa shape index (κ1) is 28.2. The van der Waals surface area contributed by atoms with Crippen LogP contribution in [0, 0.1) is 10.8 Å². The van der Waals surface area contributed by atoms with E-state index in [9.17, 15) is 22.8 Å². The molecule has 2 fully saturated rings. The second kappa shape index (κ2) is 11.1. The zero-order valence-corrected chi connectivity index (χ0v) is 22.7. The number of piperazine rings is 1. The Bertz CT molecular complexity index is 1120. The molecule has 2 aromatic carbocycles. The third-order valence-corrected chi connectivity index (χ3v) is 8.57. The minimum atomic E-state index is -4.45. The predicted octanol–water partition coefficient (Wildman–Crippen LogP) is 6.87. The first-order valence-electron chi connectivity index (χ1n) is 13.7. The van der Waals surface area contributed by atoms with Crippen molar-refractivity contribution < 1.29 is 22.8 Å². The van der Waals surface area contributed by atoms with Crippen LogP contribution in [-0.4, -0.2) is 40.7 Å². The van der Waals surface area contributed by atoms with Crippen molar-refractivity contribution in [2.24, 2.45) is 10.8 Å². The number of amides is 2. The van der Waals surface area contributed by atoms with E-state index in [2.05, 4.69) is 20.8 Å². The predicted molar refractivity (Wildman–Crippen MR) is 142 cm³/mol. The van der Waals surface area contributed by atoms with Gasteiger partial charge in [0, 0.05) is 13.1 Å². The van der Waals surface area contributed by atoms with Crippen molar-refractivity contribution in [2.75, 3.05) is 13.1 Å². The van der Waals surface area contributed by atoms with Gasteiger partial charge in [0.25, 0.3) is 0 Å². The van der Waals surface area contributed by atoms with Crippen molar-refractivity contribution in [3.63, 3.8) is 0 Å². The van der Waals surface area contributed by atoms with Gasteiger partial charge < -0.3 is 9.80 Å². The highest BCUT2D eigenvalue weighted by atomic mass is 19.4. The molecule has 0 aromatic heterocycles. The summed E-state index contributed by atoms with van der Waals surface area (Å²) in [5.74, 6) is -0.151. The molecule has 2 aliphatic rings. The molecule has 0 N–H and O–H groups in total. The Balaban J connectivity index is 1.60. The zero-order valence-electron chi connectivity index (χ0n) is 22.7. The van der Waals surface area contributed by atoms with Gasteiger partial charge in [-0.05, 0) is 54.4 Å². The maximum Gasteiger partial charge on any atom is 0.416 e. The van der Waals surface area contributed by atoms with Crippen LogP contribution in [0.25, 0.3) is 0 Å². The van der Waals surface area contributed by atoms with Crippen molar-refractivity contribution in [1.82, 2.24) is 9.80 Å². The summed E-state index contributed by atoms with van der Waals surface area (Å²) in [5.41, 5.74) is 0.111. The van der Waals surface area contributed by atoms with Crippen LogP contribution in [0.5, 0.6) is 0 Å². The molecule has 7 heteroatoms. The molecule has 2 aromatic rings. The molecule has 1 saturated carbocycles. The van der Waals surface area contributed by atoms with E-state index in [1.54, 1.807) is 15.9 Å². The molecule has 206 valence electrons. The van der Waals surface area contributed by atoms with Crippen LogP contribution in [0.3, 0.4) is 0 Å². The smallest absolute Gasteiger partial charge is 0.332 e. The summed E-state index contributed by atoms with van der Waals surface area (Å²) in [6.45, 7) is 6.82. The van der Waals surface area contributed by atoms with E-state index in [-0.39, 0.29) is 36.4 Å². The number of nitrogens with zero attached hydrogens (tertiary/aromatic N) is 2.